The molecule has 1 saturated heterocycles. The lowest BCUT2D eigenvalue weighted by Gasteiger charge is -2.25. The predicted octanol–water partition coefficient (Wildman–Crippen LogP) is 3.03. The molecule has 1 aromatic carbocycles. The molecule has 1 N–H and O–H groups in total. The van der Waals surface area contributed by atoms with Crippen LogP contribution in [0.3, 0.4) is 0 Å². The molecule has 1 aliphatic heterocycles. The number of rotatable bonds is 4. The number of halogens is 1. The highest BCUT2D eigenvalue weighted by Crippen LogP contribution is 2.34. The van der Waals surface area contributed by atoms with Gasteiger partial charge < -0.3 is 10.1 Å². The molecule has 2 fully saturated rings. The lowest BCUT2D eigenvalue weighted by atomic mass is 10.1. The minimum Gasteiger partial charge on any atom is -0.496 e. The van der Waals surface area contributed by atoms with Gasteiger partial charge in [-0.1, -0.05) is 15.9 Å². The van der Waals surface area contributed by atoms with E-state index in [0.717, 1.165) is 29.2 Å². The van der Waals surface area contributed by atoms with E-state index in [1.807, 2.05) is 12.1 Å². The van der Waals surface area contributed by atoms with Gasteiger partial charge in [-0.2, -0.15) is 0 Å². The second kappa shape index (κ2) is 6.46. The lowest BCUT2D eigenvalue weighted by molar-refractivity contribution is 0.247. The number of benzene rings is 1. The molecule has 4 heteroatoms. The molecular weight excluding hydrogens is 316 g/mol. The summed E-state index contributed by atoms with van der Waals surface area (Å²) in [6.07, 6.45) is 4.05. The van der Waals surface area contributed by atoms with Crippen LogP contribution in [0.15, 0.2) is 22.7 Å². The third kappa shape index (κ3) is 3.54. The number of hydrogen-bond donors (Lipinski definition) is 1. The first-order valence-electron chi connectivity index (χ1n) is 7.54. The molecule has 110 valence electrons. The van der Waals surface area contributed by atoms with Crippen molar-refractivity contribution in [3.05, 3.63) is 28.2 Å². The Morgan fingerprint density at radius 2 is 2.25 bits per heavy atom. The topological polar surface area (TPSA) is 24.5 Å². The third-order valence-electron chi connectivity index (χ3n) is 4.34. The summed E-state index contributed by atoms with van der Waals surface area (Å²) in [6.45, 7) is 4.48. The monoisotopic (exact) mass is 338 g/mol. The summed E-state index contributed by atoms with van der Waals surface area (Å²) < 4.78 is 6.62. The average Bonchev–Trinajstić information content (AvgIpc) is 3.25. The van der Waals surface area contributed by atoms with E-state index in [4.69, 9.17) is 4.74 Å². The van der Waals surface area contributed by atoms with Crippen LogP contribution in [-0.4, -0.2) is 37.7 Å². The Balaban J connectivity index is 1.70. The van der Waals surface area contributed by atoms with Crippen LogP contribution < -0.4 is 10.1 Å². The second-order valence-corrected chi connectivity index (χ2v) is 6.86. The van der Waals surface area contributed by atoms with Gasteiger partial charge in [0, 0.05) is 29.2 Å². The molecule has 0 radical (unpaired) electrons. The third-order valence-corrected chi connectivity index (χ3v) is 4.83. The largest absolute Gasteiger partial charge is 0.496 e. The SMILES string of the molecule is COc1ccc(Br)cc1CN1CCCNC(C2CC2)C1. The van der Waals surface area contributed by atoms with E-state index >= 15 is 0 Å². The van der Waals surface area contributed by atoms with E-state index in [1.54, 1.807) is 7.11 Å². The van der Waals surface area contributed by atoms with E-state index in [-0.39, 0.29) is 0 Å². The van der Waals surface area contributed by atoms with Gasteiger partial charge in [-0.15, -0.1) is 0 Å². The number of nitrogens with one attached hydrogen (secondary N) is 1. The van der Waals surface area contributed by atoms with Crippen LogP contribution in [0.5, 0.6) is 5.75 Å². The molecule has 1 atom stereocenters. The van der Waals surface area contributed by atoms with Crippen molar-refractivity contribution in [3.8, 4) is 5.75 Å². The first kappa shape index (κ1) is 14.4. The van der Waals surface area contributed by atoms with Crippen molar-refractivity contribution in [1.82, 2.24) is 10.2 Å². The summed E-state index contributed by atoms with van der Waals surface area (Å²) in [6, 6.07) is 6.96. The van der Waals surface area contributed by atoms with Gasteiger partial charge in [-0.25, -0.2) is 0 Å². The Labute approximate surface area is 129 Å². The van der Waals surface area contributed by atoms with E-state index in [2.05, 4.69) is 32.2 Å². The predicted molar refractivity (Wildman–Crippen MR) is 85.1 cm³/mol. The summed E-state index contributed by atoms with van der Waals surface area (Å²) in [4.78, 5) is 2.58. The fourth-order valence-electron chi connectivity index (χ4n) is 3.09. The molecular formula is C16H23BrN2O. The molecule has 0 spiro atoms. The van der Waals surface area contributed by atoms with Crippen molar-refractivity contribution in [2.45, 2.75) is 31.8 Å². The van der Waals surface area contributed by atoms with Gasteiger partial charge in [-0.3, -0.25) is 4.90 Å². The molecule has 0 aromatic heterocycles. The van der Waals surface area contributed by atoms with Gasteiger partial charge >= 0.3 is 0 Å². The molecule has 3 nitrogen and oxygen atoms in total. The zero-order chi connectivity index (χ0) is 13.9. The standard InChI is InChI=1S/C16H23BrN2O/c1-20-16-6-5-14(17)9-13(16)10-19-8-2-7-18-15(11-19)12-3-4-12/h5-6,9,12,15,18H,2-4,7-8,10-11H2,1H3. The molecule has 3 rings (SSSR count). The first-order chi connectivity index (χ1) is 9.76. The van der Waals surface area contributed by atoms with Crippen molar-refractivity contribution in [2.24, 2.45) is 5.92 Å². The minimum absolute atomic E-state index is 0.690. The Morgan fingerprint density at radius 1 is 1.40 bits per heavy atom. The maximum atomic E-state index is 5.50. The molecule has 1 aromatic rings. The fourth-order valence-corrected chi connectivity index (χ4v) is 3.50. The Kier molecular flexibility index (Phi) is 4.64. The highest BCUT2D eigenvalue weighted by molar-refractivity contribution is 9.10. The van der Waals surface area contributed by atoms with Gasteiger partial charge in [0.15, 0.2) is 0 Å². The van der Waals surface area contributed by atoms with Crippen LogP contribution in [0.25, 0.3) is 0 Å². The zero-order valence-electron chi connectivity index (χ0n) is 12.1. The van der Waals surface area contributed by atoms with Crippen molar-refractivity contribution in [3.63, 3.8) is 0 Å². The summed E-state index contributed by atoms with van der Waals surface area (Å²) >= 11 is 3.56. The number of hydrogen-bond acceptors (Lipinski definition) is 3. The van der Waals surface area contributed by atoms with Gasteiger partial charge in [0.2, 0.25) is 0 Å². The maximum Gasteiger partial charge on any atom is 0.123 e. The van der Waals surface area contributed by atoms with Crippen molar-refractivity contribution >= 4 is 15.9 Å². The van der Waals surface area contributed by atoms with Crippen molar-refractivity contribution in [1.29, 1.82) is 0 Å². The smallest absolute Gasteiger partial charge is 0.123 e. The minimum atomic E-state index is 0.690. The van der Waals surface area contributed by atoms with Crippen LogP contribution in [0.2, 0.25) is 0 Å². The van der Waals surface area contributed by atoms with Crippen LogP contribution in [-0.2, 0) is 6.54 Å². The highest BCUT2D eigenvalue weighted by atomic mass is 79.9. The molecule has 0 amide bonds. The van der Waals surface area contributed by atoms with Crippen LogP contribution in [0, 0.1) is 5.92 Å². The second-order valence-electron chi connectivity index (χ2n) is 5.94. The average molecular weight is 339 g/mol. The van der Waals surface area contributed by atoms with E-state index in [9.17, 15) is 0 Å². The molecule has 1 aliphatic carbocycles. The number of methoxy groups -OCH3 is 1. The molecule has 0 bridgehead atoms. The van der Waals surface area contributed by atoms with Gasteiger partial charge in [0.25, 0.3) is 0 Å². The Bertz CT molecular complexity index is 462. The molecule has 2 aliphatic rings. The molecule has 1 heterocycles. The van der Waals surface area contributed by atoms with Gasteiger partial charge in [-0.05, 0) is 56.5 Å². The molecule has 20 heavy (non-hydrogen) atoms. The normalized spacial score (nSPS) is 24.4. The van der Waals surface area contributed by atoms with Gasteiger partial charge in [0.1, 0.15) is 5.75 Å². The first-order valence-corrected chi connectivity index (χ1v) is 8.33. The van der Waals surface area contributed by atoms with Crippen molar-refractivity contribution < 1.29 is 4.74 Å². The number of nitrogens with zero attached hydrogens (tertiary/aromatic N) is 1. The van der Waals surface area contributed by atoms with E-state index in [1.165, 1.54) is 37.9 Å². The zero-order valence-corrected chi connectivity index (χ0v) is 13.7. The fraction of sp³-hybridized carbons (Fsp3) is 0.625. The summed E-state index contributed by atoms with van der Waals surface area (Å²) in [5.74, 6) is 1.91. The Morgan fingerprint density at radius 3 is 3.00 bits per heavy atom. The maximum absolute atomic E-state index is 5.50. The Hall–Kier alpha value is -0.580. The molecule has 1 saturated carbocycles. The van der Waals surface area contributed by atoms with Crippen LogP contribution >= 0.6 is 15.9 Å². The quantitative estimate of drug-likeness (QED) is 0.913. The summed E-state index contributed by atoms with van der Waals surface area (Å²) in [5, 5.41) is 3.72. The molecule has 1 unspecified atom stereocenters. The highest BCUT2D eigenvalue weighted by Gasteiger charge is 2.33. The van der Waals surface area contributed by atoms with Crippen LogP contribution in [0.1, 0.15) is 24.8 Å². The van der Waals surface area contributed by atoms with E-state index < -0.39 is 0 Å². The summed E-state index contributed by atoms with van der Waals surface area (Å²) in [5.41, 5.74) is 1.28. The van der Waals surface area contributed by atoms with Crippen molar-refractivity contribution in [2.75, 3.05) is 26.7 Å². The summed E-state index contributed by atoms with van der Waals surface area (Å²) in [7, 11) is 1.75. The van der Waals surface area contributed by atoms with Gasteiger partial charge in [0.05, 0.1) is 7.11 Å². The van der Waals surface area contributed by atoms with E-state index in [0.29, 0.717) is 6.04 Å². The number of ether oxygens (including phenoxy) is 1. The lowest BCUT2D eigenvalue weighted by Crippen LogP contribution is -2.39. The van der Waals surface area contributed by atoms with Crippen LogP contribution in [0.4, 0.5) is 0 Å².